The number of hydrogen-bond donors (Lipinski definition) is 3. The minimum atomic E-state index is -1.07. The van der Waals surface area contributed by atoms with Crippen LogP contribution >= 0.6 is 0 Å². The van der Waals surface area contributed by atoms with Crippen molar-refractivity contribution in [3.05, 3.63) is 20.8 Å². The van der Waals surface area contributed by atoms with Gasteiger partial charge in [-0.2, -0.15) is 19.3 Å². The molecule has 0 saturated heterocycles. The van der Waals surface area contributed by atoms with Crippen LogP contribution < -0.4 is 0 Å². The number of hydrogen-bond acceptors (Lipinski definition) is 6. The van der Waals surface area contributed by atoms with E-state index in [4.69, 9.17) is 15.3 Å². The molecule has 0 aromatic carbocycles. The van der Waals surface area contributed by atoms with E-state index in [1.165, 1.54) is 0 Å². The maximum Gasteiger partial charge on any atom is 3.00 e. The molecule has 0 spiro atoms. The number of carboxylic acids is 3. The molecule has 0 saturated carbocycles. The standard InChI is InChI=1S/3C7H11O3.Fe/c3*1-3-5(7(9)10)6(8)4-2;/h3*5H,1,3-4H2,2H3,(H,9,10);/q3*-1;+3. The molecule has 1 radical (unpaired) electrons. The van der Waals surface area contributed by atoms with Gasteiger partial charge in [0, 0.05) is 19.3 Å². The average Bonchev–Trinajstić information content (AvgIpc) is 2.69. The zero-order chi connectivity index (χ0) is 24.4. The first-order chi connectivity index (χ1) is 13.9. The second-order valence-corrected chi connectivity index (χ2v) is 6.00. The Labute approximate surface area is 194 Å². The van der Waals surface area contributed by atoms with Gasteiger partial charge in [-0.25, -0.2) is 0 Å². The Balaban J connectivity index is -0.000000174. The summed E-state index contributed by atoms with van der Waals surface area (Å²) >= 11 is 0. The fourth-order valence-corrected chi connectivity index (χ4v) is 2.01. The molecule has 0 aliphatic heterocycles. The second-order valence-electron chi connectivity index (χ2n) is 6.00. The van der Waals surface area contributed by atoms with Gasteiger partial charge >= 0.3 is 35.0 Å². The molecule has 3 atom stereocenters. The average molecular weight is 485 g/mol. The first kappa shape index (κ1) is 36.3. The van der Waals surface area contributed by atoms with Gasteiger partial charge in [-0.3, -0.25) is 28.8 Å². The summed E-state index contributed by atoms with van der Waals surface area (Å²) in [7, 11) is 0. The van der Waals surface area contributed by atoms with Gasteiger partial charge in [0.25, 0.3) is 0 Å². The summed E-state index contributed by atoms with van der Waals surface area (Å²) in [6.07, 6.45) is 1.23. The summed E-state index contributed by atoms with van der Waals surface area (Å²) in [4.78, 5) is 63.1. The van der Waals surface area contributed by atoms with Crippen LogP contribution in [0.15, 0.2) is 0 Å². The monoisotopic (exact) mass is 485 g/mol. The number of carboxylic acid groups (broad SMARTS) is 3. The Morgan fingerprint density at radius 2 is 0.710 bits per heavy atom. The van der Waals surface area contributed by atoms with Crippen molar-refractivity contribution in [1.82, 2.24) is 0 Å². The van der Waals surface area contributed by atoms with Crippen LogP contribution in [0.2, 0.25) is 0 Å². The van der Waals surface area contributed by atoms with E-state index in [2.05, 4.69) is 20.8 Å². The summed E-state index contributed by atoms with van der Waals surface area (Å²) in [6.45, 7) is 15.1. The van der Waals surface area contributed by atoms with Gasteiger partial charge in [0.2, 0.25) is 0 Å². The summed E-state index contributed by atoms with van der Waals surface area (Å²) in [6, 6.07) is 0. The van der Waals surface area contributed by atoms with E-state index in [1.54, 1.807) is 20.8 Å². The van der Waals surface area contributed by atoms with Gasteiger partial charge in [0.1, 0.15) is 17.3 Å². The first-order valence-electron chi connectivity index (χ1n) is 9.53. The number of carbonyl (C=O) groups excluding carboxylic acids is 3. The predicted molar refractivity (Wildman–Crippen MR) is 109 cm³/mol. The van der Waals surface area contributed by atoms with Crippen LogP contribution in [0.4, 0.5) is 0 Å². The molecule has 0 aromatic rings. The molecule has 0 aliphatic rings. The van der Waals surface area contributed by atoms with E-state index in [-0.39, 0.29) is 72.9 Å². The third-order valence-corrected chi connectivity index (χ3v) is 3.97. The van der Waals surface area contributed by atoms with E-state index in [0.29, 0.717) is 0 Å². The Hall–Kier alpha value is -2.06. The largest absolute Gasteiger partial charge is 3.00 e. The minimum Gasteiger partial charge on any atom is -0.481 e. The molecule has 0 rings (SSSR count). The summed E-state index contributed by atoms with van der Waals surface area (Å²) in [5, 5.41) is 25.2. The van der Waals surface area contributed by atoms with Crippen LogP contribution in [0.25, 0.3) is 0 Å². The van der Waals surface area contributed by atoms with Gasteiger partial charge < -0.3 is 36.1 Å². The number of ketones is 3. The van der Waals surface area contributed by atoms with Gasteiger partial charge in [0.05, 0.1) is 17.8 Å². The molecule has 31 heavy (non-hydrogen) atoms. The molecule has 9 nitrogen and oxygen atoms in total. The molecule has 179 valence electrons. The second kappa shape index (κ2) is 21.2. The maximum absolute atomic E-state index is 10.8. The van der Waals surface area contributed by atoms with Crippen molar-refractivity contribution in [2.75, 3.05) is 0 Å². The number of Topliss-reactive ketones (excluding diaryl/α,β-unsaturated/α-hetero) is 3. The Morgan fingerprint density at radius 3 is 0.742 bits per heavy atom. The topological polar surface area (TPSA) is 163 Å². The van der Waals surface area contributed by atoms with Crippen molar-refractivity contribution in [1.29, 1.82) is 0 Å². The zero-order valence-electron chi connectivity index (χ0n) is 18.2. The maximum atomic E-state index is 10.8. The fraction of sp³-hybridized carbons (Fsp3) is 0.571. The predicted octanol–water partition coefficient (Wildman–Crippen LogP) is 2.67. The number of carbonyl (C=O) groups is 6. The molecule has 0 bridgehead atoms. The summed E-state index contributed by atoms with van der Waals surface area (Å²) < 4.78 is 0. The van der Waals surface area contributed by atoms with Crippen LogP contribution in [0.3, 0.4) is 0 Å². The molecule has 0 aliphatic carbocycles. The van der Waals surface area contributed by atoms with Crippen LogP contribution in [0, 0.1) is 38.5 Å². The van der Waals surface area contributed by atoms with Crippen LogP contribution in [0.1, 0.15) is 59.3 Å². The van der Waals surface area contributed by atoms with E-state index < -0.39 is 35.7 Å². The third-order valence-electron chi connectivity index (χ3n) is 3.97. The molecule has 3 unspecified atom stereocenters. The summed E-state index contributed by atoms with van der Waals surface area (Å²) in [5.74, 6) is -6.64. The van der Waals surface area contributed by atoms with Crippen LogP contribution in [-0.2, 0) is 45.8 Å². The van der Waals surface area contributed by atoms with Crippen molar-refractivity contribution >= 4 is 35.3 Å². The van der Waals surface area contributed by atoms with Crippen LogP contribution in [-0.4, -0.2) is 50.6 Å². The number of aliphatic carboxylic acids is 3. The number of rotatable bonds is 12. The Kier molecular flexibility index (Phi) is 24.8. The van der Waals surface area contributed by atoms with Gasteiger partial charge in [-0.15, -0.1) is 0 Å². The molecule has 0 amide bonds. The van der Waals surface area contributed by atoms with Gasteiger partial charge in [-0.1, -0.05) is 20.8 Å². The fourth-order valence-electron chi connectivity index (χ4n) is 2.01. The third kappa shape index (κ3) is 16.3. The van der Waals surface area contributed by atoms with Crippen molar-refractivity contribution in [3.63, 3.8) is 0 Å². The van der Waals surface area contributed by atoms with E-state index in [9.17, 15) is 28.8 Å². The van der Waals surface area contributed by atoms with E-state index >= 15 is 0 Å². The Morgan fingerprint density at radius 1 is 0.548 bits per heavy atom. The van der Waals surface area contributed by atoms with Crippen molar-refractivity contribution in [3.8, 4) is 0 Å². The van der Waals surface area contributed by atoms with Crippen molar-refractivity contribution < 1.29 is 61.2 Å². The molecule has 10 heteroatoms. The molecular formula is C21H33FeO9. The zero-order valence-corrected chi connectivity index (χ0v) is 19.3. The molecule has 3 N–H and O–H groups in total. The van der Waals surface area contributed by atoms with E-state index in [0.717, 1.165) is 0 Å². The van der Waals surface area contributed by atoms with Crippen molar-refractivity contribution in [2.45, 2.75) is 59.3 Å². The van der Waals surface area contributed by atoms with Crippen LogP contribution in [0.5, 0.6) is 0 Å². The SMILES string of the molecule is [CH2-]CC(C(=O)O)C(=O)CC.[CH2-]CC(C(=O)O)C(=O)CC.[CH2-]CC(C(=O)O)C(=O)CC.[Fe+3]. The minimum absolute atomic E-state index is 0. The quantitative estimate of drug-likeness (QED) is 0.214. The molecule has 0 heterocycles. The van der Waals surface area contributed by atoms with Crippen molar-refractivity contribution in [2.24, 2.45) is 17.8 Å². The van der Waals surface area contributed by atoms with Gasteiger partial charge in [-0.05, 0) is 0 Å². The Bertz CT molecular complexity index is 507. The van der Waals surface area contributed by atoms with E-state index in [1.807, 2.05) is 0 Å². The molecule has 0 fully saturated rings. The van der Waals surface area contributed by atoms with Gasteiger partial charge in [0.15, 0.2) is 0 Å². The smallest absolute Gasteiger partial charge is 0.481 e. The first-order valence-corrected chi connectivity index (χ1v) is 9.53. The molecule has 0 aromatic heterocycles. The summed E-state index contributed by atoms with van der Waals surface area (Å²) in [5.41, 5.74) is 0. The molecular weight excluding hydrogens is 452 g/mol. The normalized spacial score (nSPS) is 12.2.